The van der Waals surface area contributed by atoms with Gasteiger partial charge in [0, 0.05) is 19.3 Å². The molecule has 1 atom stereocenters. The number of allylic oxidation sites excluding steroid dienone is 6. The minimum Gasteiger partial charge on any atom is -0.462 e. The minimum absolute atomic E-state index is 0.0695. The first-order valence-electron chi connectivity index (χ1n) is 36.5. The Hall–Kier alpha value is -2.37. The number of rotatable bonds is 68. The third-order valence-electron chi connectivity index (χ3n) is 16.6. The lowest BCUT2D eigenvalue weighted by Crippen LogP contribution is -2.30. The van der Waals surface area contributed by atoms with E-state index in [4.69, 9.17) is 14.2 Å². The van der Waals surface area contributed by atoms with E-state index in [0.717, 1.165) is 77.0 Å². The van der Waals surface area contributed by atoms with Crippen molar-refractivity contribution in [2.75, 3.05) is 13.2 Å². The predicted molar refractivity (Wildman–Crippen MR) is 353 cm³/mol. The van der Waals surface area contributed by atoms with Gasteiger partial charge >= 0.3 is 17.9 Å². The summed E-state index contributed by atoms with van der Waals surface area (Å²) in [4.78, 5) is 38.0. The Morgan fingerprint density at radius 2 is 0.444 bits per heavy atom. The van der Waals surface area contributed by atoms with E-state index < -0.39 is 6.10 Å². The van der Waals surface area contributed by atoms with Gasteiger partial charge in [0.05, 0.1) is 0 Å². The first-order chi connectivity index (χ1) is 40.0. The first-order valence-corrected chi connectivity index (χ1v) is 36.5. The molecule has 0 aromatic rings. The molecule has 81 heavy (non-hydrogen) atoms. The van der Waals surface area contributed by atoms with Crippen molar-refractivity contribution >= 4 is 17.9 Å². The van der Waals surface area contributed by atoms with Crippen LogP contribution in [0.15, 0.2) is 36.5 Å². The van der Waals surface area contributed by atoms with Gasteiger partial charge < -0.3 is 14.2 Å². The predicted octanol–water partition coefficient (Wildman–Crippen LogP) is 25.1. The molecular weight excluding hydrogens is 997 g/mol. The Morgan fingerprint density at radius 3 is 0.691 bits per heavy atom. The van der Waals surface area contributed by atoms with Crippen LogP contribution in [-0.2, 0) is 28.6 Å². The summed E-state index contributed by atoms with van der Waals surface area (Å²) in [5.41, 5.74) is 0. The van der Waals surface area contributed by atoms with E-state index >= 15 is 0 Å². The average molecular weight is 1140 g/mol. The second kappa shape index (κ2) is 70.1. The Kier molecular flexibility index (Phi) is 68.1. The minimum atomic E-state index is -0.770. The molecule has 0 rings (SSSR count). The van der Waals surface area contributed by atoms with E-state index in [1.54, 1.807) is 0 Å². The Bertz CT molecular complexity index is 1350. The van der Waals surface area contributed by atoms with E-state index in [-0.39, 0.29) is 31.1 Å². The van der Waals surface area contributed by atoms with E-state index in [1.807, 2.05) is 0 Å². The molecule has 0 saturated heterocycles. The molecule has 0 aliphatic carbocycles. The van der Waals surface area contributed by atoms with Crippen LogP contribution < -0.4 is 0 Å². The van der Waals surface area contributed by atoms with Crippen LogP contribution in [0.5, 0.6) is 0 Å². The summed E-state index contributed by atoms with van der Waals surface area (Å²) in [7, 11) is 0. The average Bonchev–Trinajstić information content (AvgIpc) is 3.47. The van der Waals surface area contributed by atoms with Gasteiger partial charge in [0.2, 0.25) is 0 Å². The fraction of sp³-hybridized carbons (Fsp3) is 0.880. The van der Waals surface area contributed by atoms with Crippen molar-refractivity contribution in [3.05, 3.63) is 36.5 Å². The molecule has 0 aliphatic heterocycles. The van der Waals surface area contributed by atoms with Crippen LogP contribution in [0.25, 0.3) is 0 Å². The van der Waals surface area contributed by atoms with Crippen LogP contribution in [0.4, 0.5) is 0 Å². The maximum Gasteiger partial charge on any atom is 0.306 e. The molecule has 0 fully saturated rings. The largest absolute Gasteiger partial charge is 0.462 e. The quantitative estimate of drug-likeness (QED) is 0.0261. The maximum atomic E-state index is 12.9. The van der Waals surface area contributed by atoms with Gasteiger partial charge in [-0.3, -0.25) is 14.4 Å². The van der Waals surface area contributed by atoms with Crippen molar-refractivity contribution in [3.8, 4) is 0 Å². The van der Waals surface area contributed by atoms with Gasteiger partial charge in [-0.25, -0.2) is 0 Å². The highest BCUT2D eigenvalue weighted by atomic mass is 16.6. The van der Waals surface area contributed by atoms with Gasteiger partial charge in [-0.2, -0.15) is 0 Å². The number of unbranched alkanes of at least 4 members (excludes halogenated alkanes) is 51. The highest BCUT2D eigenvalue weighted by molar-refractivity contribution is 5.71. The lowest BCUT2D eigenvalue weighted by Gasteiger charge is -2.18. The highest BCUT2D eigenvalue weighted by Gasteiger charge is 2.19. The number of ether oxygens (including phenoxy) is 3. The molecule has 0 aromatic carbocycles. The molecule has 0 aromatic heterocycles. The highest BCUT2D eigenvalue weighted by Crippen LogP contribution is 2.19. The summed E-state index contributed by atoms with van der Waals surface area (Å²) in [6, 6.07) is 0. The van der Waals surface area contributed by atoms with Crippen LogP contribution in [0.1, 0.15) is 406 Å². The third kappa shape index (κ3) is 68.3. The van der Waals surface area contributed by atoms with Gasteiger partial charge in [0.25, 0.3) is 0 Å². The Morgan fingerprint density at radius 1 is 0.247 bits per heavy atom. The van der Waals surface area contributed by atoms with Gasteiger partial charge in [0.1, 0.15) is 13.2 Å². The zero-order valence-corrected chi connectivity index (χ0v) is 54.8. The molecule has 0 saturated carbocycles. The molecule has 6 nitrogen and oxygen atoms in total. The fourth-order valence-electron chi connectivity index (χ4n) is 11.2. The van der Waals surface area contributed by atoms with Gasteiger partial charge in [-0.05, 0) is 57.8 Å². The standard InChI is InChI=1S/C75H140O6/c1-4-7-10-13-15-17-19-21-23-25-27-29-31-33-34-35-36-37-38-39-40-42-43-45-47-49-51-53-55-57-59-62-65-68-74(77)80-71-72(70-79-73(76)67-64-61-12-9-6-3)81-75(78)69-66-63-60-58-56-54-52-50-48-46-44-41-32-30-28-26-24-22-20-18-16-14-11-8-5-2/h20,22,26,28,32,41,72H,4-19,21,23-25,27,29-31,33-40,42-71H2,1-3H3/b22-20-,28-26-,41-32-. The van der Waals surface area contributed by atoms with Crippen LogP contribution in [0, 0.1) is 0 Å². The van der Waals surface area contributed by atoms with Crippen LogP contribution in [-0.4, -0.2) is 37.2 Å². The molecule has 0 amide bonds. The molecule has 0 spiro atoms. The zero-order valence-electron chi connectivity index (χ0n) is 54.8. The Labute approximate surface area is 506 Å². The molecule has 0 N–H and O–H groups in total. The number of hydrogen-bond acceptors (Lipinski definition) is 6. The summed E-state index contributed by atoms with van der Waals surface area (Å²) >= 11 is 0. The normalized spacial score (nSPS) is 12.2. The van der Waals surface area contributed by atoms with Crippen molar-refractivity contribution < 1.29 is 28.6 Å². The number of carbonyl (C=O) groups excluding carboxylic acids is 3. The van der Waals surface area contributed by atoms with Crippen molar-refractivity contribution in [2.45, 2.75) is 412 Å². The number of esters is 3. The lowest BCUT2D eigenvalue weighted by molar-refractivity contribution is -0.167. The summed E-state index contributed by atoms with van der Waals surface area (Å²) < 4.78 is 16.8. The molecule has 0 radical (unpaired) electrons. The zero-order chi connectivity index (χ0) is 58.5. The van der Waals surface area contributed by atoms with Gasteiger partial charge in [0.15, 0.2) is 6.10 Å². The summed E-state index contributed by atoms with van der Waals surface area (Å²) in [5.74, 6) is -0.863. The topological polar surface area (TPSA) is 78.9 Å². The van der Waals surface area contributed by atoms with Crippen molar-refractivity contribution in [1.29, 1.82) is 0 Å². The van der Waals surface area contributed by atoms with Crippen LogP contribution in [0.2, 0.25) is 0 Å². The van der Waals surface area contributed by atoms with E-state index in [0.29, 0.717) is 19.3 Å². The second-order valence-corrected chi connectivity index (χ2v) is 24.9. The second-order valence-electron chi connectivity index (χ2n) is 24.9. The van der Waals surface area contributed by atoms with Gasteiger partial charge in [-0.15, -0.1) is 0 Å². The molecular formula is C75H140O6. The SMILES string of the molecule is CCCCCCC/C=C\C/C=C\C/C=C\CCCCCCCCCCCCC(=O)OC(COC(=O)CCCCCCC)COC(=O)CCCCCCCCCCCCCCCCCCCCCCCCCCCCCCCCCCC. The molecule has 0 bridgehead atoms. The molecule has 6 heteroatoms. The fourth-order valence-corrected chi connectivity index (χ4v) is 11.2. The van der Waals surface area contributed by atoms with Crippen LogP contribution >= 0.6 is 0 Å². The van der Waals surface area contributed by atoms with Gasteiger partial charge in [-0.1, -0.05) is 365 Å². The van der Waals surface area contributed by atoms with E-state index in [9.17, 15) is 14.4 Å². The summed E-state index contributed by atoms with van der Waals surface area (Å²) in [5, 5.41) is 0. The third-order valence-corrected chi connectivity index (χ3v) is 16.6. The number of hydrogen-bond donors (Lipinski definition) is 0. The summed E-state index contributed by atoms with van der Waals surface area (Å²) in [6.45, 7) is 6.61. The molecule has 0 heterocycles. The monoisotopic (exact) mass is 1140 g/mol. The smallest absolute Gasteiger partial charge is 0.306 e. The molecule has 476 valence electrons. The molecule has 0 aliphatic rings. The molecule has 1 unspecified atom stereocenters. The number of carbonyl (C=O) groups is 3. The van der Waals surface area contributed by atoms with Crippen LogP contribution in [0.3, 0.4) is 0 Å². The maximum absolute atomic E-state index is 12.9. The Balaban J connectivity index is 3.90. The lowest BCUT2D eigenvalue weighted by atomic mass is 10.0. The van der Waals surface area contributed by atoms with Crippen molar-refractivity contribution in [1.82, 2.24) is 0 Å². The van der Waals surface area contributed by atoms with E-state index in [2.05, 4.69) is 57.2 Å². The first kappa shape index (κ1) is 78.6. The van der Waals surface area contributed by atoms with Crippen molar-refractivity contribution in [2.24, 2.45) is 0 Å². The van der Waals surface area contributed by atoms with Crippen molar-refractivity contribution in [3.63, 3.8) is 0 Å². The summed E-state index contributed by atoms with van der Waals surface area (Å²) in [6.07, 6.45) is 88.2. The van der Waals surface area contributed by atoms with E-state index in [1.165, 1.54) is 289 Å².